The van der Waals surface area contributed by atoms with E-state index in [0.29, 0.717) is 18.2 Å². The lowest BCUT2D eigenvalue weighted by atomic mass is 9.23. The third-order valence-corrected chi connectivity index (χ3v) is 4.14. The summed E-state index contributed by atoms with van der Waals surface area (Å²) in [6.07, 6.45) is 4.63. The van der Waals surface area contributed by atoms with Crippen molar-refractivity contribution in [1.82, 2.24) is 4.90 Å². The number of fused-ring (bicyclic) bond motifs is 1. The van der Waals surface area contributed by atoms with E-state index in [1.165, 1.54) is 0 Å². The standard InChI is InChI=1S/C14H23BN3O/c1-6-19-13-10-15(11(2)3,12(4)5)17-14-16-8-7-9-18(13)14/h7-12H,6H2,1-5H3/q-1. The maximum atomic E-state index is 5.80. The molecule has 0 aromatic carbocycles. The maximum Gasteiger partial charge on any atom is 0.187 e. The number of nitrogens with zero attached hydrogens (tertiary/aromatic N) is 3. The Balaban J connectivity index is 2.50. The average molecular weight is 260 g/mol. The van der Waals surface area contributed by atoms with Crippen molar-refractivity contribution >= 4 is 18.5 Å². The average Bonchev–Trinajstić information content (AvgIpc) is 2.38. The zero-order valence-electron chi connectivity index (χ0n) is 12.5. The van der Waals surface area contributed by atoms with Gasteiger partial charge in [-0.05, 0) is 13.0 Å². The van der Waals surface area contributed by atoms with Gasteiger partial charge in [-0.2, -0.15) is 5.98 Å². The van der Waals surface area contributed by atoms with Crippen LogP contribution in [-0.4, -0.2) is 30.0 Å². The smallest absolute Gasteiger partial charge is 0.187 e. The van der Waals surface area contributed by atoms with Gasteiger partial charge >= 0.3 is 0 Å². The van der Waals surface area contributed by atoms with E-state index in [1.54, 1.807) is 6.21 Å². The minimum Gasteiger partial charge on any atom is -0.482 e. The number of rotatable bonds is 4. The lowest BCUT2D eigenvalue weighted by molar-refractivity contribution is 0.177. The molecule has 2 aliphatic heterocycles. The van der Waals surface area contributed by atoms with Gasteiger partial charge in [-0.1, -0.05) is 27.7 Å². The van der Waals surface area contributed by atoms with Gasteiger partial charge in [-0.25, -0.2) is 4.99 Å². The number of hydrogen-bond donors (Lipinski definition) is 0. The van der Waals surface area contributed by atoms with Crippen LogP contribution in [0.1, 0.15) is 34.6 Å². The topological polar surface area (TPSA) is 37.2 Å². The van der Waals surface area contributed by atoms with E-state index in [4.69, 9.17) is 9.64 Å². The van der Waals surface area contributed by atoms with Crippen LogP contribution in [-0.2, 0) is 4.74 Å². The van der Waals surface area contributed by atoms with Crippen molar-refractivity contribution in [1.29, 1.82) is 0 Å². The first-order chi connectivity index (χ1) is 9.01. The second-order valence-electron chi connectivity index (χ2n) is 5.87. The van der Waals surface area contributed by atoms with Crippen molar-refractivity contribution in [2.75, 3.05) is 6.61 Å². The highest BCUT2D eigenvalue weighted by atomic mass is 16.5. The molecule has 4 nitrogen and oxygen atoms in total. The molecule has 0 saturated heterocycles. The Morgan fingerprint density at radius 1 is 1.26 bits per heavy atom. The van der Waals surface area contributed by atoms with E-state index >= 15 is 0 Å². The number of ether oxygens (including phenoxy) is 1. The van der Waals surface area contributed by atoms with Crippen molar-refractivity contribution in [3.05, 3.63) is 24.1 Å². The molecule has 5 heteroatoms. The quantitative estimate of drug-likeness (QED) is 0.726. The van der Waals surface area contributed by atoms with E-state index in [-0.39, 0.29) is 0 Å². The van der Waals surface area contributed by atoms with Crippen LogP contribution >= 0.6 is 0 Å². The van der Waals surface area contributed by atoms with Crippen molar-refractivity contribution in [3.63, 3.8) is 0 Å². The van der Waals surface area contributed by atoms with Gasteiger partial charge in [0.15, 0.2) is 11.8 Å². The third-order valence-electron chi connectivity index (χ3n) is 4.14. The molecule has 0 N–H and O–H groups in total. The Morgan fingerprint density at radius 2 is 1.95 bits per heavy atom. The number of aliphatic imine (C=N–C) groups is 1. The van der Waals surface area contributed by atoms with E-state index in [1.807, 2.05) is 24.1 Å². The summed E-state index contributed by atoms with van der Waals surface area (Å²) in [5, 5.41) is 0. The predicted octanol–water partition coefficient (Wildman–Crippen LogP) is 3.44. The van der Waals surface area contributed by atoms with Crippen molar-refractivity contribution in [2.45, 2.75) is 46.3 Å². The second kappa shape index (κ2) is 5.23. The zero-order valence-corrected chi connectivity index (χ0v) is 12.5. The zero-order chi connectivity index (χ0) is 14.0. The van der Waals surface area contributed by atoms with Crippen molar-refractivity contribution in [2.24, 2.45) is 9.90 Å². The molecule has 2 rings (SSSR count). The molecule has 2 aliphatic rings. The summed E-state index contributed by atoms with van der Waals surface area (Å²) in [5.74, 6) is 4.73. The summed E-state index contributed by atoms with van der Waals surface area (Å²) in [6.45, 7) is 11.5. The van der Waals surface area contributed by atoms with E-state index < -0.39 is 6.28 Å². The van der Waals surface area contributed by atoms with Crippen LogP contribution in [0.4, 0.5) is 0 Å². The molecule has 0 amide bonds. The van der Waals surface area contributed by atoms with Gasteiger partial charge in [0, 0.05) is 12.4 Å². The molecule has 0 fully saturated rings. The first kappa shape index (κ1) is 13.9. The summed E-state index contributed by atoms with van der Waals surface area (Å²) < 4.78 is 5.80. The molecule has 104 valence electrons. The third kappa shape index (κ3) is 2.34. The van der Waals surface area contributed by atoms with Gasteiger partial charge < -0.3 is 9.64 Å². The van der Waals surface area contributed by atoms with Crippen LogP contribution in [0.25, 0.3) is 0 Å². The summed E-state index contributed by atoms with van der Waals surface area (Å²) in [6, 6.07) is 0. The Bertz CT molecular complexity index is 455. The molecule has 0 saturated carbocycles. The Labute approximate surface area is 115 Å². The van der Waals surface area contributed by atoms with Gasteiger partial charge in [0.05, 0.1) is 6.61 Å². The maximum absolute atomic E-state index is 5.80. The minimum atomic E-state index is -1.01. The first-order valence-corrected chi connectivity index (χ1v) is 7.13. The normalized spacial score (nSPS) is 20.5. The lowest BCUT2D eigenvalue weighted by Crippen LogP contribution is -2.46. The summed E-state index contributed by atoms with van der Waals surface area (Å²) in [7, 11) is 0. The summed E-state index contributed by atoms with van der Waals surface area (Å²) in [5.41, 5.74) is 0. The molecular formula is C14H23BN3O-. The molecular weight excluding hydrogens is 237 g/mol. The fourth-order valence-electron chi connectivity index (χ4n) is 2.90. The molecule has 19 heavy (non-hydrogen) atoms. The van der Waals surface area contributed by atoms with Gasteiger partial charge in [0.25, 0.3) is 0 Å². The van der Waals surface area contributed by atoms with Gasteiger partial charge in [0.1, 0.15) is 6.28 Å². The van der Waals surface area contributed by atoms with Crippen LogP contribution in [0.2, 0.25) is 11.6 Å². The van der Waals surface area contributed by atoms with Crippen LogP contribution < -0.4 is 0 Å². The minimum absolute atomic E-state index is 0.450. The predicted molar refractivity (Wildman–Crippen MR) is 82.6 cm³/mol. The van der Waals surface area contributed by atoms with E-state index in [0.717, 1.165) is 11.8 Å². The Hall–Kier alpha value is -1.52. The SMILES string of the molecule is CCOC1=C[B-](C(C)C)(C(C)C)N=C2N=CC=CN12. The largest absolute Gasteiger partial charge is 0.482 e. The molecule has 0 atom stereocenters. The number of hydrogen-bond acceptors (Lipinski definition) is 4. The second-order valence-corrected chi connectivity index (χ2v) is 5.87. The molecule has 2 heterocycles. The number of guanidine groups is 1. The molecule has 0 unspecified atom stereocenters. The summed E-state index contributed by atoms with van der Waals surface area (Å²) in [4.78, 5) is 11.3. The van der Waals surface area contributed by atoms with Crippen LogP contribution in [0.5, 0.6) is 0 Å². The summed E-state index contributed by atoms with van der Waals surface area (Å²) >= 11 is 0. The van der Waals surface area contributed by atoms with Gasteiger partial charge in [-0.15, -0.1) is 11.6 Å². The first-order valence-electron chi connectivity index (χ1n) is 7.13. The molecule has 0 aromatic rings. The molecule has 0 spiro atoms. The fraction of sp³-hybridized carbons (Fsp3) is 0.571. The highest BCUT2D eigenvalue weighted by molar-refractivity contribution is 6.86. The van der Waals surface area contributed by atoms with Crippen LogP contribution in [0.15, 0.2) is 34.0 Å². The van der Waals surface area contributed by atoms with E-state index in [9.17, 15) is 0 Å². The van der Waals surface area contributed by atoms with Crippen LogP contribution in [0, 0.1) is 0 Å². The van der Waals surface area contributed by atoms with Gasteiger partial charge in [0.2, 0.25) is 0 Å². The Morgan fingerprint density at radius 3 is 2.53 bits per heavy atom. The fourth-order valence-corrected chi connectivity index (χ4v) is 2.90. The van der Waals surface area contributed by atoms with Crippen molar-refractivity contribution in [3.8, 4) is 0 Å². The molecule has 0 aliphatic carbocycles. The monoisotopic (exact) mass is 260 g/mol. The van der Waals surface area contributed by atoms with E-state index in [2.05, 4.69) is 38.7 Å². The molecule has 0 aromatic heterocycles. The van der Waals surface area contributed by atoms with Crippen molar-refractivity contribution < 1.29 is 4.74 Å². The lowest BCUT2D eigenvalue weighted by Gasteiger charge is -2.47. The molecule has 0 radical (unpaired) electrons. The highest BCUT2D eigenvalue weighted by Crippen LogP contribution is 2.39. The van der Waals surface area contributed by atoms with Gasteiger partial charge in [-0.3, -0.25) is 4.90 Å². The molecule has 0 bridgehead atoms. The highest BCUT2D eigenvalue weighted by Gasteiger charge is 2.35. The Kier molecular flexibility index (Phi) is 3.83. The number of allylic oxidation sites excluding steroid dienone is 1. The van der Waals surface area contributed by atoms with Crippen LogP contribution in [0.3, 0.4) is 0 Å².